The molecule has 0 unspecified atom stereocenters. The van der Waals surface area contributed by atoms with Gasteiger partial charge in [-0.05, 0) is 54.6 Å². The highest BCUT2D eigenvalue weighted by molar-refractivity contribution is 6.36. The third-order valence-corrected chi connectivity index (χ3v) is 3.82. The molecule has 0 saturated carbocycles. The minimum atomic E-state index is -0.204. The van der Waals surface area contributed by atoms with Crippen molar-refractivity contribution in [3.8, 4) is 0 Å². The summed E-state index contributed by atoms with van der Waals surface area (Å²) in [7, 11) is 0. The molecule has 0 atom stereocenters. The number of anilines is 3. The van der Waals surface area contributed by atoms with Gasteiger partial charge in [0, 0.05) is 28.8 Å². The van der Waals surface area contributed by atoms with Crippen LogP contribution in [0.5, 0.6) is 0 Å². The second-order valence-corrected chi connectivity index (χ2v) is 5.87. The van der Waals surface area contributed by atoms with Crippen molar-refractivity contribution in [1.29, 1.82) is 0 Å². The van der Waals surface area contributed by atoms with Crippen molar-refractivity contribution in [3.63, 3.8) is 0 Å². The number of benzene rings is 2. The number of rotatable bonds is 4. The maximum Gasteiger partial charge on any atom is 0.257 e. The predicted octanol–water partition coefficient (Wildman–Crippen LogP) is 5.38. The van der Waals surface area contributed by atoms with Crippen LogP contribution in [0.4, 0.5) is 17.1 Å². The lowest BCUT2D eigenvalue weighted by Gasteiger charge is -2.10. The summed E-state index contributed by atoms with van der Waals surface area (Å²) in [6.07, 6.45) is 3.15. The van der Waals surface area contributed by atoms with E-state index < -0.39 is 0 Å². The lowest BCUT2D eigenvalue weighted by atomic mass is 10.2. The number of carbonyl (C=O) groups excluding carboxylic acids is 1. The van der Waals surface area contributed by atoms with Gasteiger partial charge in [-0.2, -0.15) is 0 Å². The maximum atomic E-state index is 12.1. The van der Waals surface area contributed by atoms with Crippen LogP contribution < -0.4 is 10.6 Å². The number of aromatic nitrogens is 1. The molecule has 1 heterocycles. The summed E-state index contributed by atoms with van der Waals surface area (Å²) >= 11 is 12.0. The molecule has 0 fully saturated rings. The Morgan fingerprint density at radius 1 is 0.958 bits per heavy atom. The van der Waals surface area contributed by atoms with Crippen LogP contribution in [0.25, 0.3) is 0 Å². The van der Waals surface area contributed by atoms with E-state index in [-0.39, 0.29) is 5.91 Å². The largest absolute Gasteiger partial charge is 0.354 e. The van der Waals surface area contributed by atoms with Gasteiger partial charge in [-0.3, -0.25) is 9.78 Å². The number of halogens is 2. The monoisotopic (exact) mass is 357 g/mol. The van der Waals surface area contributed by atoms with Crippen LogP contribution in [0.1, 0.15) is 10.4 Å². The maximum absolute atomic E-state index is 12.1. The average Bonchev–Trinajstić information content (AvgIpc) is 2.60. The van der Waals surface area contributed by atoms with E-state index in [2.05, 4.69) is 15.6 Å². The molecule has 6 heteroatoms. The van der Waals surface area contributed by atoms with Crippen LogP contribution in [-0.2, 0) is 0 Å². The molecule has 1 aromatic heterocycles. The SMILES string of the molecule is O=C(Nc1ccc(Nc2ccc(Cl)cc2Cl)cc1)c1cccnc1. The second kappa shape index (κ2) is 7.34. The van der Waals surface area contributed by atoms with Crippen molar-refractivity contribution in [1.82, 2.24) is 4.98 Å². The molecule has 0 aliphatic heterocycles. The molecule has 0 spiro atoms. The van der Waals surface area contributed by atoms with Gasteiger partial charge in [-0.15, -0.1) is 0 Å². The molecule has 0 aliphatic carbocycles. The molecule has 0 saturated heterocycles. The van der Waals surface area contributed by atoms with Crippen LogP contribution in [0, 0.1) is 0 Å². The highest BCUT2D eigenvalue weighted by Crippen LogP contribution is 2.28. The van der Waals surface area contributed by atoms with E-state index in [1.54, 1.807) is 42.6 Å². The molecule has 2 N–H and O–H groups in total. The molecule has 0 aliphatic rings. The van der Waals surface area contributed by atoms with Gasteiger partial charge in [0.1, 0.15) is 0 Å². The quantitative estimate of drug-likeness (QED) is 0.658. The standard InChI is InChI=1S/C18H13Cl2N3O/c19-13-3-8-17(16(20)10-13)22-14-4-6-15(7-5-14)23-18(24)12-2-1-9-21-11-12/h1-11,22H,(H,23,24). The Labute approximate surface area is 149 Å². The first-order chi connectivity index (χ1) is 11.6. The van der Waals surface area contributed by atoms with Gasteiger partial charge in [-0.1, -0.05) is 23.2 Å². The molecular formula is C18H13Cl2N3O. The van der Waals surface area contributed by atoms with Crippen LogP contribution in [0.2, 0.25) is 10.0 Å². The van der Waals surface area contributed by atoms with E-state index in [1.807, 2.05) is 18.2 Å². The van der Waals surface area contributed by atoms with Gasteiger partial charge in [0.15, 0.2) is 0 Å². The zero-order valence-electron chi connectivity index (χ0n) is 12.5. The number of nitrogens with one attached hydrogen (secondary N) is 2. The van der Waals surface area contributed by atoms with Crippen molar-refractivity contribution in [2.45, 2.75) is 0 Å². The van der Waals surface area contributed by atoms with Crippen molar-refractivity contribution in [2.24, 2.45) is 0 Å². The van der Waals surface area contributed by atoms with Gasteiger partial charge in [0.05, 0.1) is 16.3 Å². The zero-order chi connectivity index (χ0) is 16.9. The van der Waals surface area contributed by atoms with Gasteiger partial charge in [0.25, 0.3) is 5.91 Å². The molecule has 1 amide bonds. The number of carbonyl (C=O) groups is 1. The smallest absolute Gasteiger partial charge is 0.257 e. The molecule has 3 aromatic rings. The fourth-order valence-corrected chi connectivity index (χ4v) is 2.54. The van der Waals surface area contributed by atoms with Crippen LogP contribution in [-0.4, -0.2) is 10.9 Å². The summed E-state index contributed by atoms with van der Waals surface area (Å²) in [5.41, 5.74) is 2.80. The Bertz CT molecular complexity index is 852. The van der Waals surface area contributed by atoms with Crippen molar-refractivity contribution in [2.75, 3.05) is 10.6 Å². The fourth-order valence-electron chi connectivity index (χ4n) is 2.08. The summed E-state index contributed by atoms with van der Waals surface area (Å²) in [6.45, 7) is 0. The summed E-state index contributed by atoms with van der Waals surface area (Å²) in [4.78, 5) is 16.0. The Hall–Kier alpha value is -2.56. The first-order valence-electron chi connectivity index (χ1n) is 7.15. The Balaban J connectivity index is 1.68. The van der Waals surface area contributed by atoms with Crippen LogP contribution >= 0.6 is 23.2 Å². The second-order valence-electron chi connectivity index (χ2n) is 5.02. The lowest BCUT2D eigenvalue weighted by molar-refractivity contribution is 0.102. The van der Waals surface area contributed by atoms with Gasteiger partial charge in [-0.25, -0.2) is 0 Å². The van der Waals surface area contributed by atoms with E-state index >= 15 is 0 Å². The summed E-state index contributed by atoms with van der Waals surface area (Å²) in [6, 6.07) is 16.0. The average molecular weight is 358 g/mol. The number of hydrogen-bond acceptors (Lipinski definition) is 3. The molecule has 2 aromatic carbocycles. The van der Waals surface area contributed by atoms with Gasteiger partial charge >= 0.3 is 0 Å². The first kappa shape index (κ1) is 16.3. The molecule has 0 bridgehead atoms. The lowest BCUT2D eigenvalue weighted by Crippen LogP contribution is -2.11. The molecule has 4 nitrogen and oxygen atoms in total. The molecule has 24 heavy (non-hydrogen) atoms. The topological polar surface area (TPSA) is 54.0 Å². The third kappa shape index (κ3) is 4.04. The minimum absolute atomic E-state index is 0.204. The predicted molar refractivity (Wildman–Crippen MR) is 98.4 cm³/mol. The normalized spacial score (nSPS) is 10.2. The van der Waals surface area contributed by atoms with Gasteiger partial charge < -0.3 is 10.6 Å². The first-order valence-corrected chi connectivity index (χ1v) is 7.91. The third-order valence-electron chi connectivity index (χ3n) is 3.28. The van der Waals surface area contributed by atoms with Gasteiger partial charge in [0.2, 0.25) is 0 Å². The van der Waals surface area contributed by atoms with Crippen molar-refractivity contribution >= 4 is 46.2 Å². The highest BCUT2D eigenvalue weighted by atomic mass is 35.5. The van der Waals surface area contributed by atoms with E-state index in [4.69, 9.17) is 23.2 Å². The molecule has 0 radical (unpaired) electrons. The number of amides is 1. The Kier molecular flexibility index (Phi) is 4.99. The Morgan fingerprint density at radius 2 is 1.71 bits per heavy atom. The molecule has 3 rings (SSSR count). The number of nitrogens with zero attached hydrogens (tertiary/aromatic N) is 1. The van der Waals surface area contributed by atoms with E-state index in [1.165, 1.54) is 6.20 Å². The molecule has 120 valence electrons. The zero-order valence-corrected chi connectivity index (χ0v) is 14.0. The van der Waals surface area contributed by atoms with E-state index in [0.29, 0.717) is 21.3 Å². The number of hydrogen-bond donors (Lipinski definition) is 2. The summed E-state index contributed by atoms with van der Waals surface area (Å²) in [5, 5.41) is 7.14. The number of pyridine rings is 1. The molecular weight excluding hydrogens is 345 g/mol. The fraction of sp³-hybridized carbons (Fsp3) is 0. The van der Waals surface area contributed by atoms with Crippen LogP contribution in [0.3, 0.4) is 0 Å². The van der Waals surface area contributed by atoms with E-state index in [0.717, 1.165) is 11.4 Å². The summed E-state index contributed by atoms with van der Waals surface area (Å²) < 4.78 is 0. The van der Waals surface area contributed by atoms with Crippen LogP contribution in [0.15, 0.2) is 67.0 Å². The van der Waals surface area contributed by atoms with Crippen molar-refractivity contribution in [3.05, 3.63) is 82.6 Å². The summed E-state index contributed by atoms with van der Waals surface area (Å²) in [5.74, 6) is -0.204. The minimum Gasteiger partial charge on any atom is -0.354 e. The Morgan fingerprint density at radius 3 is 2.38 bits per heavy atom. The van der Waals surface area contributed by atoms with E-state index in [9.17, 15) is 4.79 Å². The highest BCUT2D eigenvalue weighted by Gasteiger charge is 2.06. The van der Waals surface area contributed by atoms with Crippen molar-refractivity contribution < 1.29 is 4.79 Å².